The van der Waals surface area contributed by atoms with Gasteiger partial charge in [0, 0.05) is 17.6 Å². The molecule has 0 aromatic heterocycles. The summed E-state index contributed by atoms with van der Waals surface area (Å²) in [7, 11) is 1.53. The fourth-order valence-electron chi connectivity index (χ4n) is 4.48. The van der Waals surface area contributed by atoms with Crippen molar-refractivity contribution in [3.05, 3.63) is 85.6 Å². The molecule has 0 saturated carbocycles. The summed E-state index contributed by atoms with van der Waals surface area (Å²) >= 11 is 7.75. The molecule has 3 amide bonds. The minimum absolute atomic E-state index is 0.207. The van der Waals surface area contributed by atoms with Crippen molar-refractivity contribution in [2.75, 3.05) is 50.2 Å². The van der Waals surface area contributed by atoms with Gasteiger partial charge in [0.25, 0.3) is 11.1 Å². The first kappa shape index (κ1) is 30.1. The highest BCUT2D eigenvalue weighted by Crippen LogP contribution is 2.39. The fourth-order valence-corrected chi connectivity index (χ4v) is 6.16. The number of hydrogen-bond acceptors (Lipinski definition) is 8. The van der Waals surface area contributed by atoms with E-state index in [2.05, 4.69) is 42.1 Å². The Morgan fingerprint density at radius 3 is 2.55 bits per heavy atom. The van der Waals surface area contributed by atoms with Crippen LogP contribution in [0.2, 0.25) is 0 Å². The Labute approximate surface area is 264 Å². The van der Waals surface area contributed by atoms with E-state index in [-0.39, 0.29) is 4.91 Å². The van der Waals surface area contributed by atoms with Crippen molar-refractivity contribution < 1.29 is 28.6 Å². The van der Waals surface area contributed by atoms with Crippen molar-refractivity contribution in [3.63, 3.8) is 0 Å². The van der Waals surface area contributed by atoms with Crippen LogP contribution in [0.4, 0.5) is 16.2 Å². The Kier molecular flexibility index (Phi) is 9.88. The third kappa shape index (κ3) is 7.17. The summed E-state index contributed by atoms with van der Waals surface area (Å²) < 4.78 is 18.6. The van der Waals surface area contributed by atoms with E-state index in [0.29, 0.717) is 60.1 Å². The predicted molar refractivity (Wildman–Crippen MR) is 170 cm³/mol. The summed E-state index contributed by atoms with van der Waals surface area (Å²) in [6.07, 6.45) is 1.60. The van der Waals surface area contributed by atoms with Crippen LogP contribution in [0.5, 0.6) is 11.5 Å². The third-order valence-electron chi connectivity index (χ3n) is 6.55. The molecule has 2 aliphatic rings. The number of amides is 3. The first-order valence-electron chi connectivity index (χ1n) is 13.0. The summed E-state index contributed by atoms with van der Waals surface area (Å²) in [5.41, 5.74) is 3.10. The molecule has 2 heterocycles. The Morgan fingerprint density at radius 2 is 1.81 bits per heavy atom. The number of imide groups is 1. The van der Waals surface area contributed by atoms with Gasteiger partial charge in [-0.15, -0.1) is 0 Å². The van der Waals surface area contributed by atoms with Crippen LogP contribution >= 0.6 is 43.6 Å². The van der Waals surface area contributed by atoms with Crippen molar-refractivity contribution >= 4 is 78.1 Å². The van der Waals surface area contributed by atoms with Crippen molar-refractivity contribution in [2.24, 2.45) is 0 Å². The topological polar surface area (TPSA) is 97.4 Å². The molecule has 0 spiro atoms. The van der Waals surface area contributed by atoms with Gasteiger partial charge in [-0.25, -0.2) is 0 Å². The molecule has 1 N–H and O–H groups in total. The van der Waals surface area contributed by atoms with Crippen LogP contribution in [0, 0.1) is 0 Å². The van der Waals surface area contributed by atoms with Gasteiger partial charge < -0.3 is 24.4 Å². The van der Waals surface area contributed by atoms with Crippen molar-refractivity contribution in [1.29, 1.82) is 0 Å². The number of thioether (sulfide) groups is 1. The van der Waals surface area contributed by atoms with Crippen LogP contribution in [-0.4, -0.2) is 61.9 Å². The molecule has 0 aliphatic carbocycles. The van der Waals surface area contributed by atoms with Gasteiger partial charge >= 0.3 is 0 Å². The van der Waals surface area contributed by atoms with E-state index >= 15 is 0 Å². The first-order chi connectivity index (χ1) is 20.3. The fraction of sp³-hybridized carbons (Fsp3) is 0.233. The van der Waals surface area contributed by atoms with E-state index < -0.39 is 23.6 Å². The molecule has 0 radical (unpaired) electrons. The smallest absolute Gasteiger partial charge is 0.294 e. The number of methoxy groups -OCH3 is 1. The molecule has 9 nitrogen and oxygen atoms in total. The second-order valence-corrected chi connectivity index (χ2v) is 12.1. The first-order valence-corrected chi connectivity index (χ1v) is 15.4. The lowest BCUT2D eigenvalue weighted by Gasteiger charge is -2.30. The van der Waals surface area contributed by atoms with Crippen LogP contribution in [-0.2, 0) is 20.9 Å². The Balaban J connectivity index is 1.26. The molecule has 218 valence electrons. The standard InChI is InChI=1S/C30H27Br2N3O6S/c1-39-25-15-20(14-22(32)28(25)41-18-19-6-8-21(31)9-7-19)16-26-29(37)35(30(38)42-26)17-27(36)33-23-4-2-3-5-24(23)34-10-12-40-13-11-34/h2-9,14-16H,10-13,17-18H2,1H3,(H,33,36)/b26-16+. The van der Waals surface area contributed by atoms with Crippen molar-refractivity contribution in [1.82, 2.24) is 4.90 Å². The lowest BCUT2D eigenvalue weighted by molar-refractivity contribution is -0.127. The molecule has 12 heteroatoms. The molecule has 2 saturated heterocycles. The van der Waals surface area contributed by atoms with E-state index in [4.69, 9.17) is 14.2 Å². The molecule has 0 unspecified atom stereocenters. The number of morpholine rings is 1. The third-order valence-corrected chi connectivity index (χ3v) is 8.58. The number of carbonyl (C=O) groups excluding carboxylic acids is 3. The Hall–Kier alpha value is -3.32. The molecule has 0 atom stereocenters. The van der Waals surface area contributed by atoms with Gasteiger partial charge in [-0.2, -0.15) is 0 Å². The van der Waals surface area contributed by atoms with E-state index in [1.54, 1.807) is 24.3 Å². The van der Waals surface area contributed by atoms with Gasteiger partial charge in [0.15, 0.2) is 11.5 Å². The number of ether oxygens (including phenoxy) is 3. The van der Waals surface area contributed by atoms with E-state index in [1.807, 2.05) is 42.5 Å². The minimum Gasteiger partial charge on any atom is -0.493 e. The van der Waals surface area contributed by atoms with Gasteiger partial charge in [0.1, 0.15) is 13.2 Å². The second-order valence-electron chi connectivity index (χ2n) is 9.38. The van der Waals surface area contributed by atoms with Crippen molar-refractivity contribution in [3.8, 4) is 11.5 Å². The highest BCUT2D eigenvalue weighted by atomic mass is 79.9. The number of halogens is 2. The summed E-state index contributed by atoms with van der Waals surface area (Å²) in [6, 6.07) is 18.7. The maximum Gasteiger partial charge on any atom is 0.294 e. The van der Waals surface area contributed by atoms with Gasteiger partial charge in [-0.3, -0.25) is 19.3 Å². The largest absolute Gasteiger partial charge is 0.493 e. The second kappa shape index (κ2) is 13.8. The van der Waals surface area contributed by atoms with Gasteiger partial charge in [-0.1, -0.05) is 40.2 Å². The van der Waals surface area contributed by atoms with E-state index in [1.165, 1.54) is 7.11 Å². The van der Waals surface area contributed by atoms with E-state index in [9.17, 15) is 14.4 Å². The quantitative estimate of drug-likeness (QED) is 0.258. The van der Waals surface area contributed by atoms with E-state index in [0.717, 1.165) is 32.4 Å². The minimum atomic E-state index is -0.535. The van der Waals surface area contributed by atoms with Gasteiger partial charge in [0.2, 0.25) is 5.91 Å². The van der Waals surface area contributed by atoms with Crippen LogP contribution in [0.1, 0.15) is 11.1 Å². The molecule has 3 aromatic rings. The molecule has 42 heavy (non-hydrogen) atoms. The lowest BCUT2D eigenvalue weighted by Crippen LogP contribution is -2.38. The number of carbonyl (C=O) groups is 3. The number of benzene rings is 3. The molecule has 3 aromatic carbocycles. The van der Waals surface area contributed by atoms with Crippen molar-refractivity contribution in [2.45, 2.75) is 6.61 Å². The zero-order valence-corrected chi connectivity index (χ0v) is 26.6. The SMILES string of the molecule is COc1cc(/C=C2/SC(=O)N(CC(=O)Nc3ccccc3N3CCOCC3)C2=O)cc(Br)c1OCc1ccc(Br)cc1. The maximum absolute atomic E-state index is 13.2. The number of rotatable bonds is 9. The summed E-state index contributed by atoms with van der Waals surface area (Å²) in [6.45, 7) is 2.57. The number of anilines is 2. The Morgan fingerprint density at radius 1 is 1.07 bits per heavy atom. The maximum atomic E-state index is 13.2. The molecule has 2 fully saturated rings. The van der Waals surface area contributed by atoms with Crippen LogP contribution in [0.3, 0.4) is 0 Å². The highest BCUT2D eigenvalue weighted by Gasteiger charge is 2.36. The monoisotopic (exact) mass is 715 g/mol. The number of hydrogen-bond donors (Lipinski definition) is 1. The normalized spacial score (nSPS) is 16.2. The van der Waals surface area contributed by atoms with Crippen LogP contribution in [0.25, 0.3) is 6.08 Å². The van der Waals surface area contributed by atoms with Crippen LogP contribution < -0.4 is 19.7 Å². The zero-order valence-electron chi connectivity index (χ0n) is 22.6. The molecule has 5 rings (SSSR count). The summed E-state index contributed by atoms with van der Waals surface area (Å²) in [4.78, 5) is 42.1. The van der Waals surface area contributed by atoms with Gasteiger partial charge in [0.05, 0.1) is 41.1 Å². The van der Waals surface area contributed by atoms with Gasteiger partial charge in [-0.05, 0) is 81.3 Å². The average Bonchev–Trinajstić information content (AvgIpc) is 3.25. The average molecular weight is 717 g/mol. The Bertz CT molecular complexity index is 1530. The molecular formula is C30H27Br2N3O6S. The number of para-hydroxylation sites is 2. The molecular weight excluding hydrogens is 690 g/mol. The summed E-state index contributed by atoms with van der Waals surface area (Å²) in [5.74, 6) is -0.0202. The summed E-state index contributed by atoms with van der Waals surface area (Å²) in [5, 5.41) is 2.35. The lowest BCUT2D eigenvalue weighted by atomic mass is 10.1. The van der Waals surface area contributed by atoms with Crippen LogP contribution in [0.15, 0.2) is 74.5 Å². The number of nitrogens with zero attached hydrogens (tertiary/aromatic N) is 2. The highest BCUT2D eigenvalue weighted by molar-refractivity contribution is 9.10. The molecule has 0 bridgehead atoms. The predicted octanol–water partition coefficient (Wildman–Crippen LogP) is 6.31. The number of nitrogens with one attached hydrogen (secondary N) is 1. The zero-order chi connectivity index (χ0) is 29.6. The molecule has 2 aliphatic heterocycles.